The Labute approximate surface area is 343 Å². The van der Waals surface area contributed by atoms with Crippen LogP contribution in [0.15, 0.2) is 206 Å². The van der Waals surface area contributed by atoms with E-state index in [1.165, 1.54) is 101 Å². The molecule has 0 bridgehead atoms. The monoisotopic (exact) mass is 774 g/mol. The van der Waals surface area contributed by atoms with Crippen molar-refractivity contribution < 1.29 is 0 Å². The minimum absolute atomic E-state index is 1.13. The van der Waals surface area contributed by atoms with Gasteiger partial charge < -0.3 is 9.47 Å². The molecule has 0 atom stereocenters. The lowest BCUT2D eigenvalue weighted by molar-refractivity contribution is 1.18. The first-order valence-electron chi connectivity index (χ1n) is 19.7. The molecule has 0 saturated carbocycles. The molecule has 3 aromatic heterocycles. The molecule has 0 unspecified atom stereocenters. The number of fused-ring (bicyclic) bond motifs is 9. The highest BCUT2D eigenvalue weighted by atomic mass is 32.1. The van der Waals surface area contributed by atoms with Gasteiger partial charge in [0.2, 0.25) is 0 Å². The normalized spacial score (nSPS) is 11.8. The highest BCUT2D eigenvalue weighted by Gasteiger charge is 2.22. The van der Waals surface area contributed by atoms with E-state index in [1.807, 2.05) is 22.7 Å². The third-order valence-corrected chi connectivity index (χ3v) is 14.0. The van der Waals surface area contributed by atoms with Gasteiger partial charge in [0.15, 0.2) is 0 Å². The van der Waals surface area contributed by atoms with Gasteiger partial charge in [-0.1, -0.05) is 152 Å². The molecule has 0 aliphatic heterocycles. The molecule has 0 aliphatic carbocycles. The van der Waals surface area contributed by atoms with Crippen molar-refractivity contribution in [2.24, 2.45) is 0 Å². The van der Waals surface area contributed by atoms with Gasteiger partial charge in [-0.05, 0) is 71.3 Å². The van der Waals surface area contributed by atoms with Crippen LogP contribution in [0.5, 0.6) is 0 Å². The number of para-hydroxylation sites is 3. The smallest absolute Gasteiger partial charge is 0.0640 e. The molecular formula is C54H34N2S2. The summed E-state index contributed by atoms with van der Waals surface area (Å²) < 4.78 is 7.62. The minimum atomic E-state index is 1.13. The second kappa shape index (κ2) is 13.3. The Bertz CT molecular complexity index is 3360. The zero-order valence-corrected chi connectivity index (χ0v) is 33.0. The number of thiophene rings is 2. The molecule has 0 radical (unpaired) electrons. The van der Waals surface area contributed by atoms with Crippen LogP contribution >= 0.6 is 22.7 Å². The molecule has 0 spiro atoms. The van der Waals surface area contributed by atoms with Crippen molar-refractivity contribution in [3.8, 4) is 27.9 Å². The first kappa shape index (κ1) is 33.2. The van der Waals surface area contributed by atoms with Crippen molar-refractivity contribution in [2.45, 2.75) is 0 Å². The van der Waals surface area contributed by atoms with Crippen molar-refractivity contribution in [3.63, 3.8) is 0 Å². The van der Waals surface area contributed by atoms with Gasteiger partial charge in [0.05, 0.1) is 37.5 Å². The molecule has 0 N–H and O–H groups in total. The fourth-order valence-electron chi connectivity index (χ4n) is 9.06. The maximum atomic E-state index is 2.49. The Morgan fingerprint density at radius 1 is 0.328 bits per heavy atom. The molecule has 0 aliphatic rings. The second-order valence-corrected chi connectivity index (χ2v) is 16.9. The predicted molar refractivity (Wildman–Crippen MR) is 252 cm³/mol. The summed E-state index contributed by atoms with van der Waals surface area (Å²) in [5.74, 6) is 0. The minimum Gasteiger partial charge on any atom is -0.309 e. The second-order valence-electron chi connectivity index (χ2n) is 14.8. The topological polar surface area (TPSA) is 8.17 Å². The third kappa shape index (κ3) is 5.09. The Kier molecular flexibility index (Phi) is 7.62. The Morgan fingerprint density at radius 2 is 0.776 bits per heavy atom. The molecule has 3 heterocycles. The first-order valence-corrected chi connectivity index (χ1v) is 21.3. The van der Waals surface area contributed by atoms with Crippen LogP contribution in [0.4, 0.5) is 17.1 Å². The van der Waals surface area contributed by atoms with Crippen LogP contribution in [0.1, 0.15) is 0 Å². The van der Waals surface area contributed by atoms with Crippen LogP contribution in [0.25, 0.3) is 90.1 Å². The van der Waals surface area contributed by atoms with Crippen molar-refractivity contribution in [1.82, 2.24) is 4.57 Å². The van der Waals surface area contributed by atoms with E-state index in [9.17, 15) is 0 Å². The maximum absolute atomic E-state index is 2.49. The van der Waals surface area contributed by atoms with Crippen molar-refractivity contribution >= 4 is 102 Å². The van der Waals surface area contributed by atoms with E-state index in [0.717, 1.165) is 5.69 Å². The Morgan fingerprint density at radius 3 is 1.36 bits per heavy atom. The quantitative estimate of drug-likeness (QED) is 0.163. The molecule has 0 fully saturated rings. The van der Waals surface area contributed by atoms with Crippen LogP contribution in [0, 0.1) is 0 Å². The molecular weight excluding hydrogens is 741 g/mol. The lowest BCUT2D eigenvalue weighted by atomic mass is 9.93. The van der Waals surface area contributed by atoms with E-state index in [2.05, 4.69) is 216 Å². The number of benzene rings is 9. The van der Waals surface area contributed by atoms with Crippen molar-refractivity contribution in [3.05, 3.63) is 206 Å². The van der Waals surface area contributed by atoms with Crippen molar-refractivity contribution in [1.29, 1.82) is 0 Å². The SMILES string of the molecule is c1ccc(-c2ccccc2-n2c3ccccc3c3ccccc32)c(-c2ccc(N(c3cccc4c3sc3ccccc34)c3cccc4c3sc3ccccc34)cc2)c1. The largest absolute Gasteiger partial charge is 0.309 e. The standard InChI is InChI=1S/C54H34N2S2/c1-2-16-38(39-17-3-8-24-46(39)56-47-25-9-4-18-40(47)41-19-5-10-26-48(41)56)37(15-1)35-31-33-36(34-32-35)55(49-27-13-22-44-42-20-6-11-29-51(42)57-53(44)49)50-28-14-23-45-43-21-7-12-30-52(43)58-54(45)50/h1-34H. The molecule has 58 heavy (non-hydrogen) atoms. The Hall–Kier alpha value is -6.98. The average molecular weight is 775 g/mol. The highest BCUT2D eigenvalue weighted by molar-refractivity contribution is 7.27. The number of hydrogen-bond donors (Lipinski definition) is 0. The van der Waals surface area contributed by atoms with E-state index >= 15 is 0 Å². The van der Waals surface area contributed by atoms with Gasteiger partial charge in [-0.3, -0.25) is 0 Å². The van der Waals surface area contributed by atoms with Gasteiger partial charge in [-0.2, -0.15) is 0 Å². The van der Waals surface area contributed by atoms with Gasteiger partial charge in [-0.25, -0.2) is 0 Å². The molecule has 12 rings (SSSR count). The number of rotatable bonds is 6. The van der Waals surface area contributed by atoms with Gasteiger partial charge in [0.1, 0.15) is 0 Å². The summed E-state index contributed by atoms with van der Waals surface area (Å²) in [5, 5.41) is 7.71. The summed E-state index contributed by atoms with van der Waals surface area (Å²) in [6.07, 6.45) is 0. The molecule has 0 saturated heterocycles. The molecule has 2 nitrogen and oxygen atoms in total. The van der Waals surface area contributed by atoms with Crippen LogP contribution in [0.2, 0.25) is 0 Å². The van der Waals surface area contributed by atoms with Crippen LogP contribution in [-0.2, 0) is 0 Å². The van der Waals surface area contributed by atoms with Crippen LogP contribution in [-0.4, -0.2) is 4.57 Å². The fraction of sp³-hybridized carbons (Fsp3) is 0. The van der Waals surface area contributed by atoms with E-state index in [-0.39, 0.29) is 0 Å². The summed E-state index contributed by atoms with van der Waals surface area (Å²) in [6.45, 7) is 0. The van der Waals surface area contributed by atoms with Crippen molar-refractivity contribution in [2.75, 3.05) is 4.90 Å². The summed E-state index contributed by atoms with van der Waals surface area (Å²) in [6, 6.07) is 75.5. The molecule has 9 aromatic carbocycles. The maximum Gasteiger partial charge on any atom is 0.0640 e. The molecule has 0 amide bonds. The predicted octanol–water partition coefficient (Wildman–Crippen LogP) is 16.3. The van der Waals surface area contributed by atoms with Gasteiger partial charge >= 0.3 is 0 Å². The number of aromatic nitrogens is 1. The van der Waals surface area contributed by atoms with E-state index in [0.29, 0.717) is 0 Å². The molecule has 4 heteroatoms. The summed E-state index contributed by atoms with van der Waals surface area (Å²) >= 11 is 3.75. The van der Waals surface area contributed by atoms with E-state index in [4.69, 9.17) is 0 Å². The lowest BCUT2D eigenvalue weighted by Crippen LogP contribution is -2.10. The fourth-order valence-corrected chi connectivity index (χ4v) is 11.5. The highest BCUT2D eigenvalue weighted by Crippen LogP contribution is 2.49. The average Bonchev–Trinajstić information content (AvgIpc) is 3.97. The van der Waals surface area contributed by atoms with E-state index in [1.54, 1.807) is 0 Å². The van der Waals surface area contributed by atoms with Crippen LogP contribution < -0.4 is 4.90 Å². The summed E-state index contributed by atoms with van der Waals surface area (Å²) in [5.41, 5.74) is 11.9. The van der Waals surface area contributed by atoms with Gasteiger partial charge in [0, 0.05) is 53.0 Å². The summed E-state index contributed by atoms with van der Waals surface area (Å²) in [4.78, 5) is 2.49. The number of nitrogens with zero attached hydrogens (tertiary/aromatic N) is 2. The van der Waals surface area contributed by atoms with Crippen LogP contribution in [0.3, 0.4) is 0 Å². The Balaban J connectivity index is 1.03. The number of hydrogen-bond acceptors (Lipinski definition) is 3. The lowest BCUT2D eigenvalue weighted by Gasteiger charge is -2.27. The zero-order valence-electron chi connectivity index (χ0n) is 31.3. The third-order valence-electron chi connectivity index (χ3n) is 11.6. The summed E-state index contributed by atoms with van der Waals surface area (Å²) in [7, 11) is 0. The molecule has 272 valence electrons. The zero-order chi connectivity index (χ0) is 38.2. The number of anilines is 3. The van der Waals surface area contributed by atoms with E-state index < -0.39 is 0 Å². The first-order chi connectivity index (χ1) is 28.8. The van der Waals surface area contributed by atoms with Gasteiger partial charge in [0.25, 0.3) is 0 Å². The van der Waals surface area contributed by atoms with Gasteiger partial charge in [-0.15, -0.1) is 22.7 Å². The molecule has 12 aromatic rings.